The number of rotatable bonds is 2. The lowest BCUT2D eigenvalue weighted by atomic mass is 9.89. The molecule has 0 fully saturated rings. The number of hydrogen-bond acceptors (Lipinski definition) is 7. The van der Waals surface area contributed by atoms with Gasteiger partial charge in [-0.25, -0.2) is 0 Å². The molecule has 0 spiro atoms. The van der Waals surface area contributed by atoms with Gasteiger partial charge in [0, 0.05) is 65.4 Å². The lowest BCUT2D eigenvalue weighted by Gasteiger charge is -2.37. The van der Waals surface area contributed by atoms with Gasteiger partial charge in [-0.05, 0) is 110 Å². The van der Waals surface area contributed by atoms with Crippen LogP contribution in [-0.4, -0.2) is 55.6 Å². The summed E-state index contributed by atoms with van der Waals surface area (Å²) in [4.78, 5) is 63.2. The van der Waals surface area contributed by atoms with Crippen LogP contribution in [0, 0.1) is 0 Å². The predicted octanol–water partition coefficient (Wildman–Crippen LogP) is 7.50. The van der Waals surface area contributed by atoms with Crippen molar-refractivity contribution in [1.29, 1.82) is 0 Å². The number of benzene rings is 4. The number of Topliss-reactive ketones (excluding diaryl/α,β-unsaturated/α-hetero) is 4. The number of aldehydes is 1. The topological polar surface area (TPSA) is 91.8 Å². The Hall–Kier alpha value is -5.43. The fraction of sp³-hybridized carbons (Fsp3) is 0.295. The highest BCUT2D eigenvalue weighted by Gasteiger charge is 2.33. The first-order valence-electron chi connectivity index (χ1n) is 18.2. The van der Waals surface area contributed by atoms with Crippen LogP contribution in [0.4, 0.5) is 11.4 Å². The third-order valence-electron chi connectivity index (χ3n) is 10.9. The molecule has 0 unspecified atom stereocenters. The minimum Gasteiger partial charge on any atom is -0.371 e. The van der Waals surface area contributed by atoms with Crippen molar-refractivity contribution in [3.63, 3.8) is 0 Å². The standard InChI is InChI=1S/C22H19NO2.C13H15NO.C9H6O2/c24-21-17-7-1-2-8-18(17)22(25)19(21)13-14-11-15-5-3-9-23-10-4-6-16(12-14)20(15)23;15-9-10-7-11-3-1-5-14-6-2-4-12(8-10)13(11)14;10-8-5-9(11)7-4-2-1-3-6(7)8/h1-2,7-8,11-13H,3-6,9-10H2;7-9H,1-6H2;1-4H,5H2. The lowest BCUT2D eigenvalue weighted by molar-refractivity contribution is 0.0919. The summed E-state index contributed by atoms with van der Waals surface area (Å²) < 4.78 is 0. The minimum atomic E-state index is -0.145. The number of allylic oxidation sites excluding steroid dienone is 1. The highest BCUT2D eigenvalue weighted by molar-refractivity contribution is 6.41. The van der Waals surface area contributed by atoms with Gasteiger partial charge in [-0.15, -0.1) is 0 Å². The van der Waals surface area contributed by atoms with Crippen LogP contribution in [0.2, 0.25) is 0 Å². The molecule has 0 N–H and O–H groups in total. The summed E-state index contributed by atoms with van der Waals surface area (Å²) in [6.07, 6.45) is 12.1. The quantitative estimate of drug-likeness (QED) is 0.0940. The molecule has 2 aliphatic carbocycles. The van der Waals surface area contributed by atoms with Crippen LogP contribution in [-0.2, 0) is 25.7 Å². The number of aryl methyl sites for hydroxylation is 4. The summed E-state index contributed by atoms with van der Waals surface area (Å²) in [5.74, 6) is -0.390. The molecule has 0 bridgehead atoms. The maximum atomic E-state index is 12.6. The second kappa shape index (κ2) is 13.7. The summed E-state index contributed by atoms with van der Waals surface area (Å²) >= 11 is 0. The maximum absolute atomic E-state index is 12.6. The highest BCUT2D eigenvalue weighted by atomic mass is 16.2. The summed E-state index contributed by atoms with van der Waals surface area (Å²) in [5, 5.41) is 0. The van der Waals surface area contributed by atoms with E-state index in [2.05, 4.69) is 34.1 Å². The first-order chi connectivity index (χ1) is 24.9. The van der Waals surface area contributed by atoms with Gasteiger partial charge in [0.15, 0.2) is 23.1 Å². The average molecular weight is 677 g/mol. The fourth-order valence-electron chi connectivity index (χ4n) is 8.69. The molecular formula is C44H40N2O5. The number of ketones is 4. The third kappa shape index (κ3) is 6.15. The largest absolute Gasteiger partial charge is 0.371 e. The van der Waals surface area contributed by atoms with Crippen LogP contribution < -0.4 is 9.80 Å². The SMILES string of the molecule is O=C1C(=Cc2cc3c4c(c2)CCCN4CCC3)C(=O)c2ccccc21.O=C1CC(=O)c2ccccc21.O=Cc1cc2c3c(c1)CCCN3CCC2. The Bertz CT molecular complexity index is 2030. The fourth-order valence-corrected chi connectivity index (χ4v) is 8.69. The number of carbonyl (C=O) groups is 5. The Morgan fingerprint density at radius 1 is 0.490 bits per heavy atom. The zero-order chi connectivity index (χ0) is 35.1. The summed E-state index contributed by atoms with van der Waals surface area (Å²) in [6.45, 7) is 4.68. The van der Waals surface area contributed by atoms with Crippen molar-refractivity contribution in [1.82, 2.24) is 0 Å². The van der Waals surface area contributed by atoms with E-state index in [0.29, 0.717) is 27.8 Å². The number of hydrogen-bond donors (Lipinski definition) is 0. The average Bonchev–Trinajstić information content (AvgIpc) is 3.59. The monoisotopic (exact) mass is 676 g/mol. The van der Waals surface area contributed by atoms with Gasteiger partial charge >= 0.3 is 0 Å². The van der Waals surface area contributed by atoms with E-state index in [-0.39, 0.29) is 29.6 Å². The van der Waals surface area contributed by atoms with Crippen molar-refractivity contribution in [2.75, 3.05) is 36.0 Å². The van der Waals surface area contributed by atoms with Gasteiger partial charge in [-0.3, -0.25) is 24.0 Å². The van der Waals surface area contributed by atoms with Crippen molar-refractivity contribution in [3.8, 4) is 0 Å². The van der Waals surface area contributed by atoms with Crippen LogP contribution in [0.5, 0.6) is 0 Å². The molecule has 0 radical (unpaired) electrons. The van der Waals surface area contributed by atoms with E-state index in [1.165, 1.54) is 72.4 Å². The molecule has 6 aliphatic rings. The van der Waals surface area contributed by atoms with Gasteiger partial charge < -0.3 is 9.80 Å². The Morgan fingerprint density at radius 3 is 1.25 bits per heavy atom. The first-order valence-corrected chi connectivity index (χ1v) is 18.2. The van der Waals surface area contributed by atoms with Crippen LogP contribution >= 0.6 is 0 Å². The van der Waals surface area contributed by atoms with Crippen molar-refractivity contribution < 1.29 is 24.0 Å². The van der Waals surface area contributed by atoms with Gasteiger partial charge in [-0.2, -0.15) is 0 Å². The second-order valence-electron chi connectivity index (χ2n) is 14.2. The molecule has 4 aromatic carbocycles. The lowest BCUT2D eigenvalue weighted by Crippen LogP contribution is -2.34. The van der Waals surface area contributed by atoms with E-state index in [1.807, 2.05) is 12.1 Å². The van der Waals surface area contributed by atoms with E-state index in [0.717, 1.165) is 56.2 Å². The summed E-state index contributed by atoms with van der Waals surface area (Å²) in [5.41, 5.74) is 12.7. The molecule has 4 heterocycles. The molecule has 0 amide bonds. The zero-order valence-electron chi connectivity index (χ0n) is 28.7. The summed E-state index contributed by atoms with van der Waals surface area (Å²) in [6, 6.07) is 22.5. The van der Waals surface area contributed by atoms with Crippen molar-refractivity contribution in [3.05, 3.63) is 134 Å². The normalized spacial score (nSPS) is 17.7. The van der Waals surface area contributed by atoms with E-state index in [4.69, 9.17) is 0 Å². The van der Waals surface area contributed by atoms with Gasteiger partial charge in [0.2, 0.25) is 0 Å². The molecule has 10 rings (SSSR count). The number of fused-ring (bicyclic) bond motifs is 2. The number of anilines is 2. The van der Waals surface area contributed by atoms with E-state index in [1.54, 1.807) is 42.5 Å². The Kier molecular flexibility index (Phi) is 8.80. The van der Waals surface area contributed by atoms with Crippen molar-refractivity contribution in [2.24, 2.45) is 0 Å². The van der Waals surface area contributed by atoms with Crippen LogP contribution in [0.25, 0.3) is 6.08 Å². The van der Waals surface area contributed by atoms with Gasteiger partial charge in [0.25, 0.3) is 0 Å². The maximum Gasteiger partial charge on any atom is 0.197 e. The molecule has 51 heavy (non-hydrogen) atoms. The molecule has 256 valence electrons. The number of carbonyl (C=O) groups excluding carboxylic acids is 5. The van der Waals surface area contributed by atoms with Gasteiger partial charge in [0.1, 0.15) is 6.29 Å². The van der Waals surface area contributed by atoms with Gasteiger partial charge in [0.05, 0.1) is 12.0 Å². The smallest absolute Gasteiger partial charge is 0.197 e. The van der Waals surface area contributed by atoms with Crippen LogP contribution in [0.1, 0.15) is 112 Å². The molecule has 7 heteroatoms. The Balaban J connectivity index is 0.000000122. The van der Waals surface area contributed by atoms with Crippen LogP contribution in [0.3, 0.4) is 0 Å². The highest BCUT2D eigenvalue weighted by Crippen LogP contribution is 2.38. The number of nitrogens with zero attached hydrogens (tertiary/aromatic N) is 2. The molecule has 0 saturated carbocycles. The van der Waals surface area contributed by atoms with E-state index >= 15 is 0 Å². The molecule has 0 aromatic heterocycles. The molecule has 0 saturated heterocycles. The van der Waals surface area contributed by atoms with E-state index in [9.17, 15) is 24.0 Å². The van der Waals surface area contributed by atoms with Crippen LogP contribution in [0.15, 0.2) is 78.4 Å². The molecular weight excluding hydrogens is 636 g/mol. The van der Waals surface area contributed by atoms with E-state index < -0.39 is 0 Å². The van der Waals surface area contributed by atoms with Crippen molar-refractivity contribution in [2.45, 2.75) is 57.8 Å². The van der Waals surface area contributed by atoms with Crippen molar-refractivity contribution >= 4 is 46.9 Å². The second-order valence-corrected chi connectivity index (χ2v) is 14.2. The third-order valence-corrected chi connectivity index (χ3v) is 10.9. The molecule has 4 aromatic rings. The summed E-state index contributed by atoms with van der Waals surface area (Å²) in [7, 11) is 0. The van der Waals surface area contributed by atoms with Gasteiger partial charge in [-0.1, -0.05) is 48.5 Å². The Labute approximate surface area is 298 Å². The Morgan fingerprint density at radius 2 is 0.863 bits per heavy atom. The molecule has 4 aliphatic heterocycles. The minimum absolute atomic E-state index is 0.0504. The molecule has 7 nitrogen and oxygen atoms in total. The zero-order valence-corrected chi connectivity index (χ0v) is 28.7. The first kappa shape index (κ1) is 32.8. The molecule has 0 atom stereocenters. The predicted molar refractivity (Wildman–Crippen MR) is 199 cm³/mol.